The van der Waals surface area contributed by atoms with Crippen molar-refractivity contribution in [1.82, 2.24) is 10.3 Å². The molecule has 0 spiro atoms. The Morgan fingerprint density at radius 3 is 2.94 bits per heavy atom. The Morgan fingerprint density at radius 2 is 2.28 bits per heavy atom. The summed E-state index contributed by atoms with van der Waals surface area (Å²) in [6.45, 7) is 1.99. The van der Waals surface area contributed by atoms with Crippen molar-refractivity contribution in [3.8, 4) is 0 Å². The van der Waals surface area contributed by atoms with E-state index in [9.17, 15) is 4.39 Å². The van der Waals surface area contributed by atoms with E-state index >= 15 is 0 Å². The van der Waals surface area contributed by atoms with Crippen molar-refractivity contribution >= 4 is 11.3 Å². The molecule has 18 heavy (non-hydrogen) atoms. The average Bonchev–Trinajstić information content (AvgIpc) is 3.01. The molecule has 3 rings (SSSR count). The lowest BCUT2D eigenvalue weighted by atomic mass is 10.0. The number of rotatable bonds is 4. The summed E-state index contributed by atoms with van der Waals surface area (Å²) in [6, 6.07) is 5.65. The molecule has 0 aliphatic heterocycles. The summed E-state index contributed by atoms with van der Waals surface area (Å²) in [6.07, 6.45) is 4.12. The lowest BCUT2D eigenvalue weighted by Gasteiger charge is -2.18. The van der Waals surface area contributed by atoms with Gasteiger partial charge in [-0.05, 0) is 25.8 Å². The number of benzene rings is 1. The van der Waals surface area contributed by atoms with Crippen LogP contribution in [0.25, 0.3) is 0 Å². The first kappa shape index (κ1) is 11.8. The van der Waals surface area contributed by atoms with Crippen molar-refractivity contribution in [3.05, 3.63) is 51.7 Å². The van der Waals surface area contributed by atoms with Gasteiger partial charge < -0.3 is 5.32 Å². The van der Waals surface area contributed by atoms with Gasteiger partial charge in [0.25, 0.3) is 0 Å². The molecule has 0 radical (unpaired) electrons. The van der Waals surface area contributed by atoms with Gasteiger partial charge in [0.15, 0.2) is 0 Å². The van der Waals surface area contributed by atoms with Gasteiger partial charge in [-0.15, -0.1) is 11.3 Å². The Balaban J connectivity index is 1.98. The van der Waals surface area contributed by atoms with E-state index in [2.05, 4.69) is 10.3 Å². The summed E-state index contributed by atoms with van der Waals surface area (Å²) in [7, 11) is 0. The first-order valence-corrected chi connectivity index (χ1v) is 7.03. The molecule has 94 valence electrons. The van der Waals surface area contributed by atoms with Gasteiger partial charge in [-0.2, -0.15) is 0 Å². The minimum Gasteiger partial charge on any atom is -0.301 e. The Morgan fingerprint density at radius 1 is 1.44 bits per heavy atom. The molecular weight excluding hydrogens is 247 g/mol. The van der Waals surface area contributed by atoms with Gasteiger partial charge in [-0.3, -0.25) is 0 Å². The molecule has 0 bridgehead atoms. The van der Waals surface area contributed by atoms with Gasteiger partial charge in [-0.25, -0.2) is 9.37 Å². The normalized spacial score (nSPS) is 16.8. The van der Waals surface area contributed by atoms with Gasteiger partial charge in [0, 0.05) is 23.2 Å². The predicted molar refractivity (Wildman–Crippen MR) is 71.3 cm³/mol. The van der Waals surface area contributed by atoms with E-state index in [1.165, 1.54) is 12.8 Å². The largest absolute Gasteiger partial charge is 0.301 e. The molecule has 0 saturated heterocycles. The molecule has 4 heteroatoms. The topological polar surface area (TPSA) is 24.9 Å². The van der Waals surface area contributed by atoms with Gasteiger partial charge in [-0.1, -0.05) is 17.7 Å². The highest BCUT2D eigenvalue weighted by atomic mass is 32.1. The van der Waals surface area contributed by atoms with Crippen molar-refractivity contribution in [2.75, 3.05) is 0 Å². The van der Waals surface area contributed by atoms with Gasteiger partial charge >= 0.3 is 0 Å². The van der Waals surface area contributed by atoms with E-state index in [-0.39, 0.29) is 11.9 Å². The fraction of sp³-hybridized carbons (Fsp3) is 0.357. The summed E-state index contributed by atoms with van der Waals surface area (Å²) in [5.41, 5.74) is 1.78. The molecule has 2 aromatic rings. The highest BCUT2D eigenvalue weighted by Crippen LogP contribution is 2.31. The molecule has 1 aliphatic rings. The second-order valence-corrected chi connectivity index (χ2v) is 5.70. The van der Waals surface area contributed by atoms with Crippen LogP contribution in [0.3, 0.4) is 0 Å². The number of halogens is 1. The van der Waals surface area contributed by atoms with Crippen LogP contribution in [0.1, 0.15) is 35.0 Å². The third kappa shape index (κ3) is 2.44. The van der Waals surface area contributed by atoms with Gasteiger partial charge in [0.2, 0.25) is 0 Å². The van der Waals surface area contributed by atoms with Crippen LogP contribution in [0.5, 0.6) is 0 Å². The quantitative estimate of drug-likeness (QED) is 0.913. The Labute approximate surface area is 110 Å². The van der Waals surface area contributed by atoms with Crippen molar-refractivity contribution < 1.29 is 4.39 Å². The standard InChI is InChI=1S/C14H15FN2S/c1-9-2-5-12(15)11(8-9)13(17-10-3-4-10)14-16-6-7-18-14/h2,5-8,10,13,17H,3-4H2,1H3. The van der Waals surface area contributed by atoms with Gasteiger partial charge in [0.1, 0.15) is 10.8 Å². The summed E-state index contributed by atoms with van der Waals surface area (Å²) >= 11 is 1.57. The molecule has 0 amide bonds. The van der Waals surface area contributed by atoms with Crippen LogP contribution in [0.4, 0.5) is 4.39 Å². The lowest BCUT2D eigenvalue weighted by Crippen LogP contribution is -2.25. The molecule has 1 aromatic heterocycles. The van der Waals surface area contributed by atoms with Gasteiger partial charge in [0.05, 0.1) is 6.04 Å². The smallest absolute Gasteiger partial charge is 0.128 e. The first-order valence-electron chi connectivity index (χ1n) is 6.15. The zero-order valence-electron chi connectivity index (χ0n) is 10.2. The fourth-order valence-electron chi connectivity index (χ4n) is 2.04. The molecule has 1 fully saturated rings. The van der Waals surface area contributed by atoms with Crippen LogP contribution in [-0.4, -0.2) is 11.0 Å². The van der Waals surface area contributed by atoms with Crippen molar-refractivity contribution in [3.63, 3.8) is 0 Å². The second kappa shape index (κ2) is 4.78. The molecule has 1 N–H and O–H groups in total. The highest BCUT2D eigenvalue weighted by Gasteiger charge is 2.29. The van der Waals surface area contributed by atoms with Crippen LogP contribution < -0.4 is 5.32 Å². The SMILES string of the molecule is Cc1ccc(F)c(C(NC2CC2)c2nccs2)c1. The van der Waals surface area contributed by atoms with E-state index in [4.69, 9.17) is 0 Å². The Hall–Kier alpha value is -1.26. The second-order valence-electron chi connectivity index (χ2n) is 4.77. The Kier molecular flexibility index (Phi) is 3.14. The van der Waals surface area contributed by atoms with E-state index < -0.39 is 0 Å². The van der Waals surface area contributed by atoms with Crippen molar-refractivity contribution in [2.45, 2.75) is 31.8 Å². The molecule has 1 unspecified atom stereocenters. The number of aryl methyl sites for hydroxylation is 1. The minimum absolute atomic E-state index is 0.114. The summed E-state index contributed by atoms with van der Waals surface area (Å²) < 4.78 is 14.0. The van der Waals surface area contributed by atoms with E-state index in [1.54, 1.807) is 29.7 Å². The summed E-state index contributed by atoms with van der Waals surface area (Å²) in [5.74, 6) is -0.158. The molecular formula is C14H15FN2S. The predicted octanol–water partition coefficient (Wildman–Crippen LogP) is 3.43. The van der Waals surface area contributed by atoms with E-state index in [0.717, 1.165) is 10.6 Å². The number of hydrogen-bond acceptors (Lipinski definition) is 3. The zero-order valence-corrected chi connectivity index (χ0v) is 11.0. The van der Waals surface area contributed by atoms with Crippen LogP contribution in [0.15, 0.2) is 29.8 Å². The highest BCUT2D eigenvalue weighted by molar-refractivity contribution is 7.09. The van der Waals surface area contributed by atoms with Crippen molar-refractivity contribution in [1.29, 1.82) is 0 Å². The third-order valence-electron chi connectivity index (χ3n) is 3.14. The number of aromatic nitrogens is 1. The Bertz CT molecular complexity index is 535. The van der Waals surface area contributed by atoms with Crippen LogP contribution in [-0.2, 0) is 0 Å². The molecule has 1 heterocycles. The minimum atomic E-state index is -0.158. The maximum atomic E-state index is 14.0. The van der Waals surface area contributed by atoms with Crippen LogP contribution >= 0.6 is 11.3 Å². The zero-order chi connectivity index (χ0) is 12.5. The van der Waals surface area contributed by atoms with E-state index in [0.29, 0.717) is 11.6 Å². The monoisotopic (exact) mass is 262 g/mol. The molecule has 1 saturated carbocycles. The molecule has 1 aliphatic carbocycles. The summed E-state index contributed by atoms with van der Waals surface area (Å²) in [5, 5.41) is 6.36. The number of nitrogens with zero attached hydrogens (tertiary/aromatic N) is 1. The maximum Gasteiger partial charge on any atom is 0.128 e. The number of hydrogen-bond donors (Lipinski definition) is 1. The van der Waals surface area contributed by atoms with Crippen LogP contribution in [0.2, 0.25) is 0 Å². The van der Waals surface area contributed by atoms with Crippen LogP contribution in [0, 0.1) is 12.7 Å². The maximum absolute atomic E-state index is 14.0. The first-order chi connectivity index (χ1) is 8.74. The number of thiazole rings is 1. The molecule has 1 atom stereocenters. The third-order valence-corrected chi connectivity index (χ3v) is 3.98. The van der Waals surface area contributed by atoms with E-state index in [1.807, 2.05) is 18.4 Å². The lowest BCUT2D eigenvalue weighted by molar-refractivity contribution is 0.544. The summed E-state index contributed by atoms with van der Waals surface area (Å²) in [4.78, 5) is 4.33. The fourth-order valence-corrected chi connectivity index (χ4v) is 2.76. The number of nitrogens with one attached hydrogen (secondary N) is 1. The van der Waals surface area contributed by atoms with Crippen molar-refractivity contribution in [2.24, 2.45) is 0 Å². The molecule has 2 nitrogen and oxygen atoms in total. The molecule has 1 aromatic carbocycles. The average molecular weight is 262 g/mol.